The third-order valence-electron chi connectivity index (χ3n) is 3.15. The molecule has 0 spiro atoms. The van der Waals surface area contributed by atoms with Crippen molar-refractivity contribution in [3.8, 4) is 5.69 Å². The minimum Gasteiger partial charge on any atom is -0.351 e. The molecule has 8 nitrogen and oxygen atoms in total. The highest BCUT2D eigenvalue weighted by Crippen LogP contribution is 2.32. The van der Waals surface area contributed by atoms with E-state index in [4.69, 9.17) is 23.2 Å². The number of hydrogen-bond donors (Lipinski definition) is 2. The molecule has 2 rings (SSSR count). The maximum atomic E-state index is 12.0. The van der Waals surface area contributed by atoms with E-state index >= 15 is 0 Å². The number of nitro benzene ring substituents is 1. The van der Waals surface area contributed by atoms with Crippen LogP contribution in [-0.2, 0) is 0 Å². The van der Waals surface area contributed by atoms with Crippen LogP contribution in [0.4, 0.5) is 5.69 Å². The lowest BCUT2D eigenvalue weighted by Crippen LogP contribution is -2.27. The molecule has 11 heteroatoms. The smallest absolute Gasteiger partial charge is 0.272 e. The predicted molar refractivity (Wildman–Crippen MR) is 98.4 cm³/mol. The molecule has 0 aliphatic heterocycles. The maximum absolute atomic E-state index is 12.0. The summed E-state index contributed by atoms with van der Waals surface area (Å²) in [6.07, 6.45) is 2.31. The minimum atomic E-state index is -0.589. The second-order valence-electron chi connectivity index (χ2n) is 4.87. The monoisotopic (exact) mass is 407 g/mol. The molecule has 0 saturated heterocycles. The van der Waals surface area contributed by atoms with E-state index in [0.717, 1.165) is 13.0 Å². The largest absolute Gasteiger partial charge is 0.351 e. The van der Waals surface area contributed by atoms with Gasteiger partial charge in [0.05, 0.1) is 15.0 Å². The zero-order valence-electron chi connectivity index (χ0n) is 13.2. The van der Waals surface area contributed by atoms with Crippen LogP contribution in [-0.4, -0.2) is 40.7 Å². The number of hydrogen-bond acceptors (Lipinski definition) is 5. The molecule has 0 aliphatic carbocycles. The predicted octanol–water partition coefficient (Wildman–Crippen LogP) is 2.85. The van der Waals surface area contributed by atoms with Crippen LogP contribution in [0.1, 0.15) is 16.9 Å². The van der Waals surface area contributed by atoms with Crippen molar-refractivity contribution < 1.29 is 9.72 Å². The maximum Gasteiger partial charge on any atom is 0.272 e. The number of carbonyl (C=O) groups is 1. The Labute approximate surface area is 160 Å². The molecular weight excluding hydrogens is 393 g/mol. The summed E-state index contributed by atoms with van der Waals surface area (Å²) >= 11 is 12.1. The molecule has 1 aromatic heterocycles. The minimum absolute atomic E-state index is 0. The molecule has 1 amide bonds. The van der Waals surface area contributed by atoms with Crippen molar-refractivity contribution in [2.75, 3.05) is 20.1 Å². The molecule has 2 N–H and O–H groups in total. The first-order valence-corrected chi connectivity index (χ1v) is 7.82. The van der Waals surface area contributed by atoms with Gasteiger partial charge < -0.3 is 10.6 Å². The van der Waals surface area contributed by atoms with Gasteiger partial charge in [-0.1, -0.05) is 23.2 Å². The number of nitrogens with zero attached hydrogens (tertiary/aromatic N) is 3. The lowest BCUT2D eigenvalue weighted by atomic mass is 10.3. The quantitative estimate of drug-likeness (QED) is 0.417. The summed E-state index contributed by atoms with van der Waals surface area (Å²) in [6, 6.07) is 3.88. The highest BCUT2D eigenvalue weighted by molar-refractivity contribution is 6.38. The highest BCUT2D eigenvalue weighted by atomic mass is 35.5. The first-order valence-electron chi connectivity index (χ1n) is 7.06. The van der Waals surface area contributed by atoms with E-state index in [-0.39, 0.29) is 45.4 Å². The molecule has 0 aliphatic rings. The fourth-order valence-corrected chi connectivity index (χ4v) is 2.65. The van der Waals surface area contributed by atoms with Crippen LogP contribution in [0.2, 0.25) is 10.0 Å². The fraction of sp³-hybridized carbons (Fsp3) is 0.286. The van der Waals surface area contributed by atoms with Crippen LogP contribution < -0.4 is 10.6 Å². The van der Waals surface area contributed by atoms with Crippen molar-refractivity contribution in [1.82, 2.24) is 20.4 Å². The average molecular weight is 409 g/mol. The second kappa shape index (κ2) is 9.57. The first kappa shape index (κ1) is 21.2. The molecule has 0 fully saturated rings. The number of rotatable bonds is 7. The van der Waals surface area contributed by atoms with Crippen molar-refractivity contribution >= 4 is 47.2 Å². The Hall–Kier alpha value is -1.87. The van der Waals surface area contributed by atoms with E-state index in [9.17, 15) is 14.9 Å². The number of halogens is 3. The van der Waals surface area contributed by atoms with E-state index in [2.05, 4.69) is 15.7 Å². The van der Waals surface area contributed by atoms with Gasteiger partial charge in [0.15, 0.2) is 5.69 Å². The average Bonchev–Trinajstić information content (AvgIpc) is 3.00. The Bertz CT molecular complexity index is 743. The molecule has 0 atom stereocenters. The number of nitrogens with one attached hydrogen (secondary N) is 2. The summed E-state index contributed by atoms with van der Waals surface area (Å²) in [5, 5.41) is 20.8. The summed E-state index contributed by atoms with van der Waals surface area (Å²) in [4.78, 5) is 22.2. The van der Waals surface area contributed by atoms with Crippen molar-refractivity contribution in [2.45, 2.75) is 6.42 Å². The van der Waals surface area contributed by atoms with Gasteiger partial charge >= 0.3 is 0 Å². The summed E-state index contributed by atoms with van der Waals surface area (Å²) in [5.74, 6) is -0.320. The number of carbonyl (C=O) groups excluding carboxylic acids is 1. The number of benzene rings is 1. The molecule has 25 heavy (non-hydrogen) atoms. The molecule has 0 bridgehead atoms. The fourth-order valence-electron chi connectivity index (χ4n) is 2.00. The van der Waals surface area contributed by atoms with E-state index < -0.39 is 4.92 Å². The van der Waals surface area contributed by atoms with Crippen LogP contribution in [0, 0.1) is 10.1 Å². The third-order valence-corrected chi connectivity index (χ3v) is 3.73. The summed E-state index contributed by atoms with van der Waals surface area (Å²) in [7, 11) is 1.83. The molecule has 1 aromatic carbocycles. The van der Waals surface area contributed by atoms with Gasteiger partial charge in [-0.25, -0.2) is 4.68 Å². The number of aromatic nitrogens is 2. The highest BCUT2D eigenvalue weighted by Gasteiger charge is 2.18. The normalized spacial score (nSPS) is 10.2. The van der Waals surface area contributed by atoms with Crippen LogP contribution in [0.15, 0.2) is 24.4 Å². The first-order chi connectivity index (χ1) is 11.4. The number of non-ortho nitro benzene ring substituents is 1. The van der Waals surface area contributed by atoms with Gasteiger partial charge in [0, 0.05) is 24.9 Å². The molecule has 0 radical (unpaired) electrons. The third kappa shape index (κ3) is 5.30. The van der Waals surface area contributed by atoms with Crippen LogP contribution >= 0.6 is 35.6 Å². The standard InChI is InChI=1S/C14H15Cl2N5O3.ClH/c1-17-4-2-5-18-14(22)12-3-6-20(19-12)13-10(15)7-9(21(23)24)8-11(13)16;/h3,6-8,17H,2,4-5H2,1H3,(H,18,22);1H. The van der Waals surface area contributed by atoms with Gasteiger partial charge in [-0.3, -0.25) is 14.9 Å². The summed E-state index contributed by atoms with van der Waals surface area (Å²) in [5.41, 5.74) is 0.256. The van der Waals surface area contributed by atoms with E-state index in [0.29, 0.717) is 6.54 Å². The zero-order valence-corrected chi connectivity index (χ0v) is 15.5. The number of amides is 1. The summed E-state index contributed by atoms with van der Waals surface area (Å²) in [6.45, 7) is 1.31. The number of nitro groups is 1. The van der Waals surface area contributed by atoms with Crippen LogP contribution in [0.25, 0.3) is 5.69 Å². The lowest BCUT2D eigenvalue weighted by Gasteiger charge is -2.07. The van der Waals surface area contributed by atoms with E-state index in [1.807, 2.05) is 7.05 Å². The topological polar surface area (TPSA) is 102 Å². The van der Waals surface area contributed by atoms with Gasteiger partial charge in [-0.2, -0.15) is 5.10 Å². The Morgan fingerprint density at radius 1 is 1.32 bits per heavy atom. The van der Waals surface area contributed by atoms with Crippen molar-refractivity contribution in [3.05, 3.63) is 50.2 Å². The SMILES string of the molecule is CNCCCNC(=O)c1ccn(-c2c(Cl)cc([N+](=O)[O-])cc2Cl)n1.Cl. The molecule has 2 aromatic rings. The van der Waals surface area contributed by atoms with Gasteiger partial charge in [-0.05, 0) is 26.1 Å². The Morgan fingerprint density at radius 2 is 1.96 bits per heavy atom. The van der Waals surface area contributed by atoms with Crippen molar-refractivity contribution in [1.29, 1.82) is 0 Å². The molecule has 136 valence electrons. The van der Waals surface area contributed by atoms with Crippen LogP contribution in [0.5, 0.6) is 0 Å². The van der Waals surface area contributed by atoms with Gasteiger partial charge in [0.1, 0.15) is 5.69 Å². The van der Waals surface area contributed by atoms with Crippen molar-refractivity contribution in [3.63, 3.8) is 0 Å². The Balaban J connectivity index is 0.00000312. The van der Waals surface area contributed by atoms with Gasteiger partial charge in [0.25, 0.3) is 11.6 Å². The van der Waals surface area contributed by atoms with E-state index in [1.54, 1.807) is 0 Å². The lowest BCUT2D eigenvalue weighted by molar-refractivity contribution is -0.384. The molecule has 0 unspecified atom stereocenters. The molecule has 1 heterocycles. The van der Waals surface area contributed by atoms with Crippen LogP contribution in [0.3, 0.4) is 0 Å². The Morgan fingerprint density at radius 3 is 2.52 bits per heavy atom. The Kier molecular flexibility index (Phi) is 8.11. The van der Waals surface area contributed by atoms with Gasteiger partial charge in [-0.15, -0.1) is 12.4 Å². The van der Waals surface area contributed by atoms with Crippen molar-refractivity contribution in [2.24, 2.45) is 0 Å². The molecular formula is C14H16Cl3N5O3. The second-order valence-corrected chi connectivity index (χ2v) is 5.69. The molecule has 0 saturated carbocycles. The van der Waals surface area contributed by atoms with E-state index in [1.165, 1.54) is 29.1 Å². The summed E-state index contributed by atoms with van der Waals surface area (Å²) < 4.78 is 1.32. The van der Waals surface area contributed by atoms with Gasteiger partial charge in [0.2, 0.25) is 0 Å². The zero-order chi connectivity index (χ0) is 17.7.